The van der Waals surface area contributed by atoms with Crippen LogP contribution in [0.15, 0.2) is 36.7 Å². The Morgan fingerprint density at radius 3 is 2.58 bits per heavy atom. The van der Waals surface area contributed by atoms with Crippen molar-refractivity contribution in [1.29, 1.82) is 0 Å². The molecule has 24 heavy (non-hydrogen) atoms. The maximum absolute atomic E-state index is 4.56. The van der Waals surface area contributed by atoms with Crippen LogP contribution in [0.25, 0.3) is 27.3 Å². The van der Waals surface area contributed by atoms with Crippen LogP contribution in [0.3, 0.4) is 0 Å². The molecule has 0 aliphatic carbocycles. The number of hydrogen-bond acceptors (Lipinski definition) is 4. The quantitative estimate of drug-likeness (QED) is 0.378. The van der Waals surface area contributed by atoms with E-state index in [1.807, 2.05) is 23.6 Å². The molecule has 0 aliphatic rings. The van der Waals surface area contributed by atoms with Gasteiger partial charge in [-0.1, -0.05) is 23.8 Å². The second kappa shape index (κ2) is 6.55. The van der Waals surface area contributed by atoms with E-state index in [4.69, 9.17) is 0 Å². The molecule has 0 saturated carbocycles. The summed E-state index contributed by atoms with van der Waals surface area (Å²) in [5.41, 5.74) is 5.45. The largest absolute Gasteiger partial charge is 0.322 e. The molecule has 0 fully saturated rings. The van der Waals surface area contributed by atoms with Crippen LogP contribution < -0.4 is 0 Å². The van der Waals surface area contributed by atoms with Gasteiger partial charge in [-0.3, -0.25) is 4.98 Å². The molecule has 123 valence electrons. The normalized spacial score (nSPS) is 10.8. The first kappa shape index (κ1) is 17.0. The number of aryl methyl sites for hydroxylation is 3. The smallest absolute Gasteiger partial charge is 0.114 e. The number of rotatable bonds is 2. The molecule has 1 radical (unpaired) electrons. The third-order valence-corrected chi connectivity index (χ3v) is 4.91. The number of para-hydroxylation sites is 1. The van der Waals surface area contributed by atoms with E-state index < -0.39 is 0 Å². The summed E-state index contributed by atoms with van der Waals surface area (Å²) in [6.45, 7) is 6.23. The number of hydrogen-bond donors (Lipinski definition) is 0. The fourth-order valence-electron chi connectivity index (χ4n) is 2.93. The zero-order chi connectivity index (χ0) is 16.0. The van der Waals surface area contributed by atoms with Crippen LogP contribution >= 0.6 is 11.3 Å². The molecule has 0 amide bonds. The van der Waals surface area contributed by atoms with E-state index in [1.165, 1.54) is 11.1 Å². The van der Waals surface area contributed by atoms with E-state index in [0.29, 0.717) is 0 Å². The predicted octanol–water partition coefficient (Wildman–Crippen LogP) is 4.27. The van der Waals surface area contributed by atoms with Crippen molar-refractivity contribution in [2.24, 2.45) is 0 Å². The summed E-state index contributed by atoms with van der Waals surface area (Å²) in [6.07, 6.45) is 1.77. The van der Waals surface area contributed by atoms with Crippen molar-refractivity contribution in [2.75, 3.05) is 0 Å². The van der Waals surface area contributed by atoms with Gasteiger partial charge in [-0.15, -0.1) is 23.3 Å². The molecular formula is C18H15IrN4S-. The Bertz CT molecular complexity index is 999. The van der Waals surface area contributed by atoms with Gasteiger partial charge in [0.2, 0.25) is 0 Å². The van der Waals surface area contributed by atoms with Crippen LogP contribution in [-0.4, -0.2) is 19.7 Å². The summed E-state index contributed by atoms with van der Waals surface area (Å²) >= 11 is 1.67. The number of nitrogens with zero attached hydrogens (tertiary/aromatic N) is 4. The van der Waals surface area contributed by atoms with Crippen molar-refractivity contribution in [3.05, 3.63) is 58.9 Å². The first-order valence-corrected chi connectivity index (χ1v) is 8.21. The summed E-state index contributed by atoms with van der Waals surface area (Å²) < 4.78 is 3.15. The van der Waals surface area contributed by atoms with E-state index in [2.05, 4.69) is 53.3 Å². The molecule has 4 aromatic rings. The molecule has 0 N–H and O–H groups in total. The van der Waals surface area contributed by atoms with Crippen LogP contribution in [0.5, 0.6) is 0 Å². The van der Waals surface area contributed by atoms with Crippen LogP contribution in [-0.2, 0) is 20.1 Å². The first-order chi connectivity index (χ1) is 11.1. The molecule has 0 spiro atoms. The third kappa shape index (κ3) is 2.71. The summed E-state index contributed by atoms with van der Waals surface area (Å²) in [4.78, 5) is 4.56. The van der Waals surface area contributed by atoms with Crippen molar-refractivity contribution in [2.45, 2.75) is 20.8 Å². The standard InChI is InChI=1S/C18H15N4S.Ir/c1-11-6-4-7-12(2)16(11)22-10-19-21-18(22)14-8-5-9-15-17(14)23-13(3)20-15;/h4-7,9-10H,1-3H3;/q-1;. The molecule has 4 rings (SSSR count). The Morgan fingerprint density at radius 2 is 1.83 bits per heavy atom. The molecular weight excluding hydrogens is 497 g/mol. The molecule has 6 heteroatoms. The van der Waals surface area contributed by atoms with Gasteiger partial charge >= 0.3 is 0 Å². The minimum absolute atomic E-state index is 0. The van der Waals surface area contributed by atoms with E-state index in [0.717, 1.165) is 32.3 Å². The maximum Gasteiger partial charge on any atom is 0.114 e. The van der Waals surface area contributed by atoms with E-state index in [9.17, 15) is 0 Å². The molecule has 0 atom stereocenters. The van der Waals surface area contributed by atoms with Crippen LogP contribution in [0, 0.1) is 26.8 Å². The number of benzene rings is 2. The molecule has 0 aliphatic heterocycles. The minimum atomic E-state index is 0. The van der Waals surface area contributed by atoms with Crippen molar-refractivity contribution in [3.8, 4) is 17.1 Å². The molecule has 0 saturated heterocycles. The fourth-order valence-corrected chi connectivity index (χ4v) is 3.84. The first-order valence-electron chi connectivity index (χ1n) is 7.40. The van der Waals surface area contributed by atoms with Gasteiger partial charge in [0.1, 0.15) is 6.33 Å². The summed E-state index contributed by atoms with van der Waals surface area (Å²) in [5, 5.41) is 9.55. The number of thiazole rings is 1. The predicted molar refractivity (Wildman–Crippen MR) is 93.0 cm³/mol. The van der Waals surface area contributed by atoms with E-state index >= 15 is 0 Å². The minimum Gasteiger partial charge on any atom is -0.322 e. The van der Waals surface area contributed by atoms with Crippen LogP contribution in [0.1, 0.15) is 16.1 Å². The molecule has 4 nitrogen and oxygen atoms in total. The average Bonchev–Trinajstić information content (AvgIpc) is 3.12. The fraction of sp³-hybridized carbons (Fsp3) is 0.167. The van der Waals surface area contributed by atoms with E-state index in [1.54, 1.807) is 17.7 Å². The molecule has 2 aromatic heterocycles. The van der Waals surface area contributed by atoms with E-state index in [-0.39, 0.29) is 20.1 Å². The third-order valence-electron chi connectivity index (χ3n) is 3.91. The zero-order valence-corrected chi connectivity index (χ0v) is 16.7. The van der Waals surface area contributed by atoms with Crippen molar-refractivity contribution in [3.63, 3.8) is 0 Å². The molecule has 0 bridgehead atoms. The SMILES string of the molecule is Cc1nc2cc[c-]c(-c3nncn3-c3c(C)cccc3C)c2s1.[Ir]. The Labute approximate surface area is 157 Å². The average molecular weight is 512 g/mol. The van der Waals surface area contributed by atoms with Gasteiger partial charge in [-0.2, -0.15) is 16.4 Å². The van der Waals surface area contributed by atoms with Crippen molar-refractivity contribution < 1.29 is 20.1 Å². The van der Waals surface area contributed by atoms with Crippen molar-refractivity contribution in [1.82, 2.24) is 19.7 Å². The number of fused-ring (bicyclic) bond motifs is 1. The monoisotopic (exact) mass is 512 g/mol. The Hall–Kier alpha value is -1.88. The van der Waals surface area contributed by atoms with Crippen LogP contribution in [0.2, 0.25) is 0 Å². The van der Waals surface area contributed by atoms with Crippen LogP contribution in [0.4, 0.5) is 0 Å². The topological polar surface area (TPSA) is 43.6 Å². The summed E-state index contributed by atoms with van der Waals surface area (Å²) in [7, 11) is 0. The molecule has 0 unspecified atom stereocenters. The van der Waals surface area contributed by atoms with Gasteiger partial charge in [0.15, 0.2) is 0 Å². The Morgan fingerprint density at radius 1 is 1.08 bits per heavy atom. The van der Waals surface area contributed by atoms with Gasteiger partial charge in [-0.25, -0.2) is 0 Å². The second-order valence-corrected chi connectivity index (χ2v) is 6.77. The Balaban J connectivity index is 0.00000169. The second-order valence-electron chi connectivity index (χ2n) is 5.56. The summed E-state index contributed by atoms with van der Waals surface area (Å²) in [5.74, 6) is 0.802. The van der Waals surface area contributed by atoms with Gasteiger partial charge < -0.3 is 4.57 Å². The van der Waals surface area contributed by atoms with Crippen molar-refractivity contribution >= 4 is 21.6 Å². The molecule has 2 heterocycles. The van der Waals surface area contributed by atoms with Gasteiger partial charge in [0, 0.05) is 25.8 Å². The van der Waals surface area contributed by atoms with Gasteiger partial charge in [-0.05, 0) is 42.1 Å². The zero-order valence-electron chi connectivity index (χ0n) is 13.5. The Kier molecular flexibility index (Phi) is 4.63. The summed E-state index contributed by atoms with van der Waals surface area (Å²) in [6, 6.07) is 13.5. The molecule has 2 aromatic carbocycles. The van der Waals surface area contributed by atoms with Gasteiger partial charge in [0.25, 0.3) is 0 Å². The maximum atomic E-state index is 4.56. The number of aromatic nitrogens is 4. The van der Waals surface area contributed by atoms with Gasteiger partial charge in [0.05, 0.1) is 10.8 Å².